The Balaban J connectivity index is 2.18. The maximum atomic E-state index is 6.18. The molecule has 2 nitrogen and oxygen atoms in total. The summed E-state index contributed by atoms with van der Waals surface area (Å²) in [6.45, 7) is 1.96. The number of aromatic amines is 1. The summed E-state index contributed by atoms with van der Waals surface area (Å²) in [7, 11) is 0. The lowest BCUT2D eigenvalue weighted by molar-refractivity contribution is 0.739. The highest BCUT2D eigenvalue weighted by Gasteiger charge is 2.13. The van der Waals surface area contributed by atoms with Gasteiger partial charge in [0.15, 0.2) is 0 Å². The average Bonchev–Trinajstić information content (AvgIpc) is 2.79. The first-order valence-electron chi connectivity index (χ1n) is 5.62. The van der Waals surface area contributed by atoms with E-state index >= 15 is 0 Å². The predicted octanol–water partition coefficient (Wildman–Crippen LogP) is 3.85. The molecule has 2 N–H and O–H groups in total. The lowest BCUT2D eigenvalue weighted by Gasteiger charge is -2.13. The zero-order chi connectivity index (χ0) is 11.8. The van der Waals surface area contributed by atoms with E-state index in [4.69, 9.17) is 23.2 Å². The maximum absolute atomic E-state index is 6.18. The molecule has 0 fully saturated rings. The number of hydrogen-bond acceptors (Lipinski definition) is 1. The molecular weight excluding hydrogens is 255 g/mol. The van der Waals surface area contributed by atoms with Crippen molar-refractivity contribution in [2.24, 2.45) is 0 Å². The Morgan fingerprint density at radius 1 is 1.18 bits per heavy atom. The van der Waals surface area contributed by atoms with Crippen LogP contribution in [0.2, 0.25) is 10.0 Å². The second-order valence-electron chi connectivity index (χ2n) is 4.17. The molecule has 0 bridgehead atoms. The first-order chi connectivity index (χ1) is 8.27. The first-order valence-corrected chi connectivity index (χ1v) is 6.38. The van der Waals surface area contributed by atoms with E-state index in [0.29, 0.717) is 10.0 Å². The SMILES string of the molecule is Clc1ccc2c(C3=CCNCC3)c[nH]c2c1Cl. The molecule has 0 aliphatic carbocycles. The van der Waals surface area contributed by atoms with Crippen molar-refractivity contribution in [1.82, 2.24) is 10.3 Å². The van der Waals surface area contributed by atoms with E-state index in [1.54, 1.807) is 0 Å². The van der Waals surface area contributed by atoms with Crippen LogP contribution in [0.5, 0.6) is 0 Å². The number of nitrogens with one attached hydrogen (secondary N) is 2. The number of halogens is 2. The Bertz CT molecular complexity index is 599. The molecule has 0 amide bonds. The van der Waals surface area contributed by atoms with Gasteiger partial charge in [-0.2, -0.15) is 0 Å². The Kier molecular flexibility index (Phi) is 2.87. The second kappa shape index (κ2) is 4.37. The van der Waals surface area contributed by atoms with Gasteiger partial charge in [0.1, 0.15) is 0 Å². The Labute approximate surface area is 110 Å². The van der Waals surface area contributed by atoms with Crippen molar-refractivity contribution in [1.29, 1.82) is 0 Å². The van der Waals surface area contributed by atoms with Crippen molar-refractivity contribution in [3.63, 3.8) is 0 Å². The molecule has 17 heavy (non-hydrogen) atoms. The minimum atomic E-state index is 0.590. The van der Waals surface area contributed by atoms with E-state index in [0.717, 1.165) is 30.4 Å². The fourth-order valence-electron chi connectivity index (χ4n) is 2.27. The van der Waals surface area contributed by atoms with Crippen molar-refractivity contribution < 1.29 is 0 Å². The van der Waals surface area contributed by atoms with Gasteiger partial charge in [-0.3, -0.25) is 0 Å². The van der Waals surface area contributed by atoms with Crippen molar-refractivity contribution in [2.45, 2.75) is 6.42 Å². The van der Waals surface area contributed by atoms with Crippen molar-refractivity contribution >= 4 is 39.7 Å². The molecule has 0 unspecified atom stereocenters. The normalized spacial score (nSPS) is 16.2. The van der Waals surface area contributed by atoms with Gasteiger partial charge in [0.25, 0.3) is 0 Å². The summed E-state index contributed by atoms with van der Waals surface area (Å²) in [6.07, 6.45) is 5.30. The van der Waals surface area contributed by atoms with Crippen LogP contribution in [-0.4, -0.2) is 18.1 Å². The van der Waals surface area contributed by atoms with Crippen LogP contribution in [-0.2, 0) is 0 Å². The van der Waals surface area contributed by atoms with E-state index in [2.05, 4.69) is 16.4 Å². The van der Waals surface area contributed by atoms with Crippen LogP contribution in [0.25, 0.3) is 16.5 Å². The molecule has 0 saturated heterocycles. The molecule has 2 aromatic rings. The average molecular weight is 267 g/mol. The maximum Gasteiger partial charge on any atom is 0.0833 e. The highest BCUT2D eigenvalue weighted by atomic mass is 35.5. The van der Waals surface area contributed by atoms with Crippen LogP contribution in [0.3, 0.4) is 0 Å². The molecule has 3 rings (SSSR count). The number of hydrogen-bond donors (Lipinski definition) is 2. The monoisotopic (exact) mass is 266 g/mol. The lowest BCUT2D eigenvalue weighted by atomic mass is 10.00. The predicted molar refractivity (Wildman–Crippen MR) is 73.8 cm³/mol. The molecule has 0 spiro atoms. The van der Waals surface area contributed by atoms with Crippen LogP contribution < -0.4 is 5.32 Å². The number of aromatic nitrogens is 1. The number of benzene rings is 1. The van der Waals surface area contributed by atoms with Crippen molar-refractivity contribution in [3.05, 3.63) is 40.0 Å². The molecule has 1 aromatic heterocycles. The molecule has 0 atom stereocenters. The zero-order valence-corrected chi connectivity index (χ0v) is 10.7. The molecule has 1 aliphatic rings. The number of H-pyrrole nitrogens is 1. The van der Waals surface area contributed by atoms with Crippen LogP contribution >= 0.6 is 23.2 Å². The Morgan fingerprint density at radius 3 is 2.82 bits per heavy atom. The summed E-state index contributed by atoms with van der Waals surface area (Å²) in [6, 6.07) is 3.88. The van der Waals surface area contributed by atoms with Gasteiger partial charge in [-0.15, -0.1) is 0 Å². The van der Waals surface area contributed by atoms with Crippen molar-refractivity contribution in [3.8, 4) is 0 Å². The summed E-state index contributed by atoms with van der Waals surface area (Å²) in [5.41, 5.74) is 3.53. The van der Waals surface area contributed by atoms with Crippen LogP contribution in [0.15, 0.2) is 24.4 Å². The fraction of sp³-hybridized carbons (Fsp3) is 0.231. The van der Waals surface area contributed by atoms with Gasteiger partial charge < -0.3 is 10.3 Å². The standard InChI is InChI=1S/C13H12Cl2N2/c14-11-2-1-9-10(7-17-13(9)12(11)15)8-3-5-16-6-4-8/h1-3,7,16-17H,4-6H2. The third-order valence-corrected chi connectivity index (χ3v) is 3.96. The van der Waals surface area contributed by atoms with Gasteiger partial charge in [-0.25, -0.2) is 0 Å². The van der Waals surface area contributed by atoms with Gasteiger partial charge >= 0.3 is 0 Å². The summed E-state index contributed by atoms with van der Waals surface area (Å²) in [4.78, 5) is 3.22. The second-order valence-corrected chi connectivity index (χ2v) is 4.95. The number of rotatable bonds is 1. The summed E-state index contributed by atoms with van der Waals surface area (Å²) in [5, 5.41) is 5.65. The molecular formula is C13H12Cl2N2. The van der Waals surface area contributed by atoms with E-state index in [-0.39, 0.29) is 0 Å². The third-order valence-electron chi connectivity index (χ3n) is 3.16. The third kappa shape index (κ3) is 1.86. The number of fused-ring (bicyclic) bond motifs is 1. The summed E-state index contributed by atoms with van der Waals surface area (Å²) < 4.78 is 0. The topological polar surface area (TPSA) is 27.8 Å². The molecule has 88 valence electrons. The van der Waals surface area contributed by atoms with Gasteiger partial charge in [-0.1, -0.05) is 35.3 Å². The van der Waals surface area contributed by atoms with Crippen LogP contribution in [0, 0.1) is 0 Å². The smallest absolute Gasteiger partial charge is 0.0833 e. The molecule has 0 radical (unpaired) electrons. The van der Waals surface area contributed by atoms with Gasteiger partial charge in [-0.05, 0) is 24.6 Å². The van der Waals surface area contributed by atoms with E-state index in [1.165, 1.54) is 11.1 Å². The quantitative estimate of drug-likeness (QED) is 0.807. The Morgan fingerprint density at radius 2 is 2.06 bits per heavy atom. The van der Waals surface area contributed by atoms with Crippen LogP contribution in [0.4, 0.5) is 0 Å². The van der Waals surface area contributed by atoms with Gasteiger partial charge in [0.05, 0.1) is 15.6 Å². The van der Waals surface area contributed by atoms with E-state index in [1.807, 2.05) is 18.3 Å². The largest absolute Gasteiger partial charge is 0.359 e. The molecule has 4 heteroatoms. The van der Waals surface area contributed by atoms with E-state index < -0.39 is 0 Å². The minimum absolute atomic E-state index is 0.590. The lowest BCUT2D eigenvalue weighted by Crippen LogP contribution is -2.19. The van der Waals surface area contributed by atoms with E-state index in [9.17, 15) is 0 Å². The van der Waals surface area contributed by atoms with Gasteiger partial charge in [0, 0.05) is 23.7 Å². The molecule has 0 saturated carbocycles. The van der Waals surface area contributed by atoms with Gasteiger partial charge in [0.2, 0.25) is 0 Å². The van der Waals surface area contributed by atoms with Crippen molar-refractivity contribution in [2.75, 3.05) is 13.1 Å². The zero-order valence-electron chi connectivity index (χ0n) is 9.19. The highest BCUT2D eigenvalue weighted by Crippen LogP contribution is 2.35. The fourth-order valence-corrected chi connectivity index (χ4v) is 2.65. The summed E-state index contributed by atoms with van der Waals surface area (Å²) in [5.74, 6) is 0. The summed E-state index contributed by atoms with van der Waals surface area (Å²) >= 11 is 12.2. The highest BCUT2D eigenvalue weighted by molar-refractivity contribution is 6.45. The first kappa shape index (κ1) is 11.1. The van der Waals surface area contributed by atoms with Crippen LogP contribution in [0.1, 0.15) is 12.0 Å². The molecule has 1 aromatic carbocycles. The molecule has 1 aliphatic heterocycles. The Hall–Kier alpha value is -0.960. The molecule has 2 heterocycles. The minimum Gasteiger partial charge on any atom is -0.359 e.